The lowest BCUT2D eigenvalue weighted by molar-refractivity contribution is 0.768. The molecular formula is C58H38N4. The Morgan fingerprint density at radius 2 is 0.790 bits per heavy atom. The lowest BCUT2D eigenvalue weighted by Gasteiger charge is -2.34. The van der Waals surface area contributed by atoms with Crippen LogP contribution in [0.4, 0.5) is 0 Å². The Bertz CT molecular complexity index is 3390. The van der Waals surface area contributed by atoms with Gasteiger partial charge in [-0.3, -0.25) is 4.57 Å². The van der Waals surface area contributed by atoms with Crippen LogP contribution in [0.25, 0.3) is 83.9 Å². The fraction of sp³-hybridized carbons (Fsp3) is 0.0172. The minimum atomic E-state index is -0.514. The van der Waals surface area contributed by atoms with Gasteiger partial charge in [-0.25, -0.2) is 15.0 Å². The Labute approximate surface area is 360 Å². The van der Waals surface area contributed by atoms with E-state index in [4.69, 9.17) is 15.0 Å². The molecule has 0 fully saturated rings. The summed E-state index contributed by atoms with van der Waals surface area (Å²) in [6, 6.07) is 82.1. The molecule has 12 rings (SSSR count). The SMILES string of the molecule is c1ccc(-n2c(-c3ccc(-c4ccc(-c5nc6ccccc6nc5-c5ccc6c(c5)C(c5ccccc5)(c5ccccc5)c5ccccc5-6)cc4)cc3)nc3ccccc32)cc1. The first-order chi connectivity index (χ1) is 30.7. The van der Waals surface area contributed by atoms with Crippen molar-refractivity contribution in [3.63, 3.8) is 0 Å². The maximum atomic E-state index is 5.38. The fourth-order valence-corrected chi connectivity index (χ4v) is 9.68. The molecular weight excluding hydrogens is 753 g/mol. The smallest absolute Gasteiger partial charge is 0.145 e. The summed E-state index contributed by atoms with van der Waals surface area (Å²) in [6.45, 7) is 0. The number of rotatable bonds is 7. The van der Waals surface area contributed by atoms with E-state index in [1.807, 2.05) is 30.3 Å². The minimum Gasteiger partial charge on any atom is -0.292 e. The molecule has 0 N–H and O–H groups in total. The molecule has 9 aromatic carbocycles. The predicted molar refractivity (Wildman–Crippen MR) is 253 cm³/mol. The molecule has 0 radical (unpaired) electrons. The van der Waals surface area contributed by atoms with Crippen molar-refractivity contribution in [2.45, 2.75) is 5.41 Å². The fourth-order valence-electron chi connectivity index (χ4n) is 9.68. The quantitative estimate of drug-likeness (QED) is 0.161. The molecule has 0 spiro atoms. The van der Waals surface area contributed by atoms with E-state index in [0.29, 0.717) is 0 Å². The van der Waals surface area contributed by atoms with Crippen molar-refractivity contribution in [2.24, 2.45) is 0 Å². The summed E-state index contributed by atoms with van der Waals surface area (Å²) in [5.41, 5.74) is 18.9. The van der Waals surface area contributed by atoms with Gasteiger partial charge in [-0.05, 0) is 87.0 Å². The van der Waals surface area contributed by atoms with E-state index in [2.05, 4.69) is 205 Å². The molecule has 0 amide bonds. The number of hydrogen-bond acceptors (Lipinski definition) is 3. The number of benzene rings is 9. The Hall–Kier alpha value is -8.21. The molecule has 0 saturated heterocycles. The average molecular weight is 791 g/mol. The summed E-state index contributed by atoms with van der Waals surface area (Å²) in [5, 5.41) is 0. The van der Waals surface area contributed by atoms with Gasteiger partial charge < -0.3 is 0 Å². The summed E-state index contributed by atoms with van der Waals surface area (Å²) in [6.07, 6.45) is 0. The predicted octanol–water partition coefficient (Wildman–Crippen LogP) is 14.0. The number of hydrogen-bond donors (Lipinski definition) is 0. The Kier molecular flexibility index (Phi) is 8.36. The van der Waals surface area contributed by atoms with Crippen LogP contribution in [-0.4, -0.2) is 19.5 Å². The molecule has 4 heteroatoms. The molecule has 2 aromatic heterocycles. The summed E-state index contributed by atoms with van der Waals surface area (Å²) in [4.78, 5) is 15.8. The monoisotopic (exact) mass is 790 g/mol. The van der Waals surface area contributed by atoms with Crippen LogP contribution < -0.4 is 0 Å². The first kappa shape index (κ1) is 35.7. The molecule has 1 aliphatic rings. The molecule has 62 heavy (non-hydrogen) atoms. The summed E-state index contributed by atoms with van der Waals surface area (Å²) in [5.74, 6) is 0.918. The molecule has 2 heterocycles. The minimum absolute atomic E-state index is 0.514. The number of fused-ring (bicyclic) bond motifs is 5. The van der Waals surface area contributed by atoms with Crippen molar-refractivity contribution in [1.29, 1.82) is 0 Å². The second-order valence-corrected chi connectivity index (χ2v) is 15.9. The van der Waals surface area contributed by atoms with E-state index in [1.54, 1.807) is 0 Å². The van der Waals surface area contributed by atoms with Crippen LogP contribution in [0.1, 0.15) is 22.3 Å². The van der Waals surface area contributed by atoms with Gasteiger partial charge in [0.1, 0.15) is 5.82 Å². The van der Waals surface area contributed by atoms with Gasteiger partial charge >= 0.3 is 0 Å². The van der Waals surface area contributed by atoms with Crippen molar-refractivity contribution in [1.82, 2.24) is 19.5 Å². The van der Waals surface area contributed by atoms with Gasteiger partial charge in [-0.1, -0.05) is 188 Å². The molecule has 0 aliphatic heterocycles. The zero-order valence-corrected chi connectivity index (χ0v) is 33.7. The number of nitrogens with zero attached hydrogens (tertiary/aromatic N) is 4. The first-order valence-electron chi connectivity index (χ1n) is 21.1. The van der Waals surface area contributed by atoms with E-state index in [-0.39, 0.29) is 0 Å². The van der Waals surface area contributed by atoms with Crippen LogP contribution in [0.2, 0.25) is 0 Å². The van der Waals surface area contributed by atoms with E-state index >= 15 is 0 Å². The highest BCUT2D eigenvalue weighted by atomic mass is 15.1. The van der Waals surface area contributed by atoms with Crippen molar-refractivity contribution >= 4 is 22.1 Å². The molecule has 0 atom stereocenters. The molecule has 290 valence electrons. The standard InChI is InChI=1S/C58H38N4/c1-4-16-44(17-5-1)58(45-18-6-2-7-19-45)49-23-11-10-22-47(49)48-37-36-43(38-50(48)58)56-55(59-51-24-12-13-25-52(51)60-56)41-32-28-39(29-33-41)40-30-34-42(35-31-40)57-61-53-26-14-15-27-54(53)62(57)46-20-8-3-9-21-46/h1-38H. The maximum absolute atomic E-state index is 5.38. The summed E-state index contributed by atoms with van der Waals surface area (Å²) >= 11 is 0. The van der Waals surface area contributed by atoms with Crippen molar-refractivity contribution in [3.8, 4) is 61.8 Å². The van der Waals surface area contributed by atoms with Gasteiger partial charge in [-0.2, -0.15) is 0 Å². The largest absolute Gasteiger partial charge is 0.292 e. The third-order valence-corrected chi connectivity index (χ3v) is 12.5. The van der Waals surface area contributed by atoms with Crippen LogP contribution in [0.3, 0.4) is 0 Å². The Balaban J connectivity index is 0.960. The van der Waals surface area contributed by atoms with Crippen LogP contribution in [0.5, 0.6) is 0 Å². The zero-order valence-electron chi connectivity index (χ0n) is 33.7. The van der Waals surface area contributed by atoms with E-state index in [0.717, 1.165) is 72.8 Å². The van der Waals surface area contributed by atoms with E-state index < -0.39 is 5.41 Å². The molecule has 1 aliphatic carbocycles. The maximum Gasteiger partial charge on any atom is 0.145 e. The van der Waals surface area contributed by atoms with Crippen molar-refractivity contribution < 1.29 is 0 Å². The van der Waals surface area contributed by atoms with E-state index in [1.165, 1.54) is 33.4 Å². The average Bonchev–Trinajstić information content (AvgIpc) is 3.89. The third kappa shape index (κ3) is 5.65. The van der Waals surface area contributed by atoms with Gasteiger partial charge in [0.2, 0.25) is 0 Å². The molecule has 0 saturated carbocycles. The highest BCUT2D eigenvalue weighted by molar-refractivity contribution is 5.92. The molecule has 4 nitrogen and oxygen atoms in total. The van der Waals surface area contributed by atoms with Gasteiger partial charge in [0.25, 0.3) is 0 Å². The van der Waals surface area contributed by atoms with Crippen LogP contribution in [-0.2, 0) is 5.41 Å². The lowest BCUT2D eigenvalue weighted by atomic mass is 9.67. The summed E-state index contributed by atoms with van der Waals surface area (Å²) < 4.78 is 2.24. The van der Waals surface area contributed by atoms with Crippen LogP contribution in [0.15, 0.2) is 231 Å². The molecule has 11 aromatic rings. The number of para-hydroxylation sites is 5. The van der Waals surface area contributed by atoms with Gasteiger partial charge in [0.05, 0.1) is 38.9 Å². The van der Waals surface area contributed by atoms with Crippen LogP contribution in [0, 0.1) is 0 Å². The second kappa shape index (κ2) is 14.5. The topological polar surface area (TPSA) is 43.6 Å². The van der Waals surface area contributed by atoms with Gasteiger partial charge in [0.15, 0.2) is 0 Å². The van der Waals surface area contributed by atoms with E-state index in [9.17, 15) is 0 Å². The normalized spacial score (nSPS) is 12.6. The third-order valence-electron chi connectivity index (χ3n) is 12.5. The van der Waals surface area contributed by atoms with Gasteiger partial charge in [-0.15, -0.1) is 0 Å². The Morgan fingerprint density at radius 1 is 0.323 bits per heavy atom. The first-order valence-corrected chi connectivity index (χ1v) is 21.1. The van der Waals surface area contributed by atoms with Gasteiger partial charge in [0, 0.05) is 22.4 Å². The Morgan fingerprint density at radius 3 is 1.44 bits per heavy atom. The highest BCUT2D eigenvalue weighted by Crippen LogP contribution is 2.56. The van der Waals surface area contributed by atoms with Crippen molar-refractivity contribution in [2.75, 3.05) is 0 Å². The second-order valence-electron chi connectivity index (χ2n) is 15.9. The number of aromatic nitrogens is 4. The van der Waals surface area contributed by atoms with Crippen molar-refractivity contribution in [3.05, 3.63) is 253 Å². The van der Waals surface area contributed by atoms with Crippen LogP contribution >= 0.6 is 0 Å². The summed E-state index contributed by atoms with van der Waals surface area (Å²) in [7, 11) is 0. The highest BCUT2D eigenvalue weighted by Gasteiger charge is 2.46. The molecule has 0 bridgehead atoms. The molecule has 0 unspecified atom stereocenters. The number of imidazole rings is 1. The lowest BCUT2D eigenvalue weighted by Crippen LogP contribution is -2.28. The zero-order chi connectivity index (χ0) is 41.0.